The lowest BCUT2D eigenvalue weighted by molar-refractivity contribution is 0.102. The van der Waals surface area contributed by atoms with Crippen LogP contribution in [0, 0.1) is 0 Å². The first kappa shape index (κ1) is 17.5. The third-order valence-corrected chi connectivity index (χ3v) is 3.55. The van der Waals surface area contributed by atoms with E-state index < -0.39 is 0 Å². The van der Waals surface area contributed by atoms with Crippen LogP contribution in [0.4, 0.5) is 17.3 Å². The summed E-state index contributed by atoms with van der Waals surface area (Å²) in [4.78, 5) is 22.8. The van der Waals surface area contributed by atoms with E-state index in [1.165, 1.54) is 0 Å². The molecule has 0 bridgehead atoms. The van der Waals surface area contributed by atoms with E-state index in [4.69, 9.17) is 0 Å². The molecule has 0 spiro atoms. The van der Waals surface area contributed by atoms with Gasteiger partial charge in [0.15, 0.2) is 0 Å². The van der Waals surface area contributed by atoms with Gasteiger partial charge in [-0.05, 0) is 44.2 Å². The summed E-state index contributed by atoms with van der Waals surface area (Å²) in [5, 5.41) is 5.81. The van der Waals surface area contributed by atoms with Crippen molar-refractivity contribution in [1.82, 2.24) is 9.97 Å². The van der Waals surface area contributed by atoms with Gasteiger partial charge >= 0.3 is 0 Å². The number of nitrogens with one attached hydrogen (secondary N) is 2. The summed E-state index contributed by atoms with van der Waals surface area (Å²) in [7, 11) is 0. The molecule has 0 unspecified atom stereocenters. The summed E-state index contributed by atoms with van der Waals surface area (Å²) in [6, 6.07) is 9.37. The average molecular weight is 325 g/mol. The van der Waals surface area contributed by atoms with Crippen molar-refractivity contribution in [2.75, 3.05) is 35.2 Å². The molecule has 0 saturated carbocycles. The van der Waals surface area contributed by atoms with Gasteiger partial charge in [0.25, 0.3) is 5.91 Å². The van der Waals surface area contributed by atoms with Crippen molar-refractivity contribution in [3.8, 4) is 0 Å². The van der Waals surface area contributed by atoms with Crippen LogP contribution < -0.4 is 15.5 Å². The van der Waals surface area contributed by atoms with Gasteiger partial charge in [-0.25, -0.2) is 9.97 Å². The fourth-order valence-corrected chi connectivity index (χ4v) is 2.27. The highest BCUT2D eigenvalue weighted by Crippen LogP contribution is 2.18. The van der Waals surface area contributed by atoms with E-state index in [-0.39, 0.29) is 5.91 Å². The van der Waals surface area contributed by atoms with Crippen LogP contribution in [-0.2, 0) is 0 Å². The summed E-state index contributed by atoms with van der Waals surface area (Å²) >= 11 is 0. The topological polar surface area (TPSA) is 70.2 Å². The zero-order valence-electron chi connectivity index (χ0n) is 14.1. The van der Waals surface area contributed by atoms with Gasteiger partial charge in [-0.3, -0.25) is 4.79 Å². The Morgan fingerprint density at radius 2 is 1.92 bits per heavy atom. The van der Waals surface area contributed by atoms with E-state index in [9.17, 15) is 4.79 Å². The molecule has 24 heavy (non-hydrogen) atoms. The van der Waals surface area contributed by atoms with Gasteiger partial charge in [-0.1, -0.05) is 6.08 Å². The summed E-state index contributed by atoms with van der Waals surface area (Å²) < 4.78 is 0. The quantitative estimate of drug-likeness (QED) is 0.730. The van der Waals surface area contributed by atoms with Gasteiger partial charge in [0.2, 0.25) is 5.95 Å². The van der Waals surface area contributed by atoms with Crippen LogP contribution in [0.1, 0.15) is 24.3 Å². The van der Waals surface area contributed by atoms with Crippen molar-refractivity contribution in [1.29, 1.82) is 0 Å². The molecule has 0 aliphatic carbocycles. The number of carbonyl (C=O) groups excluding carboxylic acids is 1. The molecular weight excluding hydrogens is 302 g/mol. The molecule has 1 amide bonds. The number of carbonyl (C=O) groups is 1. The number of amides is 1. The molecule has 126 valence electrons. The monoisotopic (exact) mass is 325 g/mol. The van der Waals surface area contributed by atoms with E-state index >= 15 is 0 Å². The summed E-state index contributed by atoms with van der Waals surface area (Å²) in [6.07, 6.45) is 3.25. The molecule has 2 N–H and O–H groups in total. The largest absolute Gasteiger partial charge is 0.372 e. The molecule has 2 aromatic rings. The van der Waals surface area contributed by atoms with Crippen LogP contribution in [0.15, 0.2) is 49.2 Å². The number of hydrogen-bond donors (Lipinski definition) is 2. The van der Waals surface area contributed by atoms with Crippen molar-refractivity contribution in [2.45, 2.75) is 13.8 Å². The Bertz CT molecular complexity index is 680. The summed E-state index contributed by atoms with van der Waals surface area (Å²) in [6.45, 7) is 10.3. The van der Waals surface area contributed by atoms with Crippen molar-refractivity contribution >= 4 is 23.2 Å². The molecule has 0 saturated heterocycles. The van der Waals surface area contributed by atoms with Crippen LogP contribution in [-0.4, -0.2) is 35.5 Å². The van der Waals surface area contributed by atoms with E-state index in [2.05, 4.69) is 45.9 Å². The fraction of sp³-hybridized carbons (Fsp3) is 0.278. The lowest BCUT2D eigenvalue weighted by Crippen LogP contribution is -2.21. The molecule has 1 aromatic carbocycles. The van der Waals surface area contributed by atoms with E-state index in [0.29, 0.717) is 18.2 Å². The van der Waals surface area contributed by atoms with Crippen LogP contribution in [0.3, 0.4) is 0 Å². The predicted octanol–water partition coefficient (Wildman–Crippen LogP) is 3.17. The molecule has 6 nitrogen and oxygen atoms in total. The SMILES string of the molecule is C=CCNc1nccc(C(=O)Nc2ccc(N(CC)CC)cc2)n1. The van der Waals surface area contributed by atoms with Crippen molar-refractivity contribution in [3.05, 3.63) is 54.9 Å². The first-order valence-corrected chi connectivity index (χ1v) is 8.02. The third kappa shape index (κ3) is 4.55. The molecular formula is C18H23N5O. The lowest BCUT2D eigenvalue weighted by atomic mass is 10.2. The second-order valence-electron chi connectivity index (χ2n) is 5.11. The smallest absolute Gasteiger partial charge is 0.274 e. The molecule has 1 aromatic heterocycles. The Labute approximate surface area is 142 Å². The molecule has 0 atom stereocenters. The fourth-order valence-electron chi connectivity index (χ4n) is 2.27. The number of hydrogen-bond acceptors (Lipinski definition) is 5. The first-order chi connectivity index (χ1) is 11.7. The molecule has 0 fully saturated rings. The lowest BCUT2D eigenvalue weighted by Gasteiger charge is -2.21. The van der Waals surface area contributed by atoms with Crippen molar-refractivity contribution in [2.24, 2.45) is 0 Å². The summed E-state index contributed by atoms with van der Waals surface area (Å²) in [5.41, 5.74) is 2.18. The zero-order valence-corrected chi connectivity index (χ0v) is 14.1. The number of benzene rings is 1. The standard InChI is InChI=1S/C18H23N5O/c1-4-12-19-18-20-13-11-16(22-18)17(24)21-14-7-9-15(10-8-14)23(5-2)6-3/h4,7-11,13H,1,5-6,12H2,2-3H3,(H,21,24)(H,19,20,22). The van der Waals surface area contributed by atoms with E-state index in [0.717, 1.165) is 24.5 Å². The first-order valence-electron chi connectivity index (χ1n) is 8.02. The Morgan fingerprint density at radius 3 is 2.54 bits per heavy atom. The van der Waals surface area contributed by atoms with E-state index in [1.807, 2.05) is 24.3 Å². The van der Waals surface area contributed by atoms with Gasteiger partial charge in [-0.2, -0.15) is 0 Å². The second-order valence-corrected chi connectivity index (χ2v) is 5.11. The van der Waals surface area contributed by atoms with Crippen LogP contribution >= 0.6 is 0 Å². The van der Waals surface area contributed by atoms with Crippen molar-refractivity contribution < 1.29 is 4.79 Å². The van der Waals surface area contributed by atoms with Gasteiger partial charge in [0.05, 0.1) is 0 Å². The molecule has 0 aliphatic heterocycles. The normalized spacial score (nSPS) is 10.1. The molecule has 0 aliphatic rings. The molecule has 2 rings (SSSR count). The third-order valence-electron chi connectivity index (χ3n) is 3.55. The van der Waals surface area contributed by atoms with Gasteiger partial charge < -0.3 is 15.5 Å². The second kappa shape index (κ2) is 8.67. The highest BCUT2D eigenvalue weighted by Gasteiger charge is 2.09. The predicted molar refractivity (Wildman–Crippen MR) is 98.7 cm³/mol. The number of rotatable bonds is 8. The van der Waals surface area contributed by atoms with Crippen molar-refractivity contribution in [3.63, 3.8) is 0 Å². The molecule has 1 heterocycles. The van der Waals surface area contributed by atoms with Gasteiger partial charge in [-0.15, -0.1) is 6.58 Å². The Kier molecular flexibility index (Phi) is 6.31. The molecule has 0 radical (unpaired) electrons. The Hall–Kier alpha value is -2.89. The molecule has 6 heteroatoms. The average Bonchev–Trinajstić information content (AvgIpc) is 2.62. The number of anilines is 3. The van der Waals surface area contributed by atoms with E-state index in [1.54, 1.807) is 18.3 Å². The maximum Gasteiger partial charge on any atom is 0.274 e. The minimum atomic E-state index is -0.269. The maximum atomic E-state index is 12.3. The number of aromatic nitrogens is 2. The highest BCUT2D eigenvalue weighted by atomic mass is 16.1. The highest BCUT2D eigenvalue weighted by molar-refractivity contribution is 6.03. The minimum Gasteiger partial charge on any atom is -0.372 e. The Morgan fingerprint density at radius 1 is 1.21 bits per heavy atom. The zero-order chi connectivity index (χ0) is 17.4. The van der Waals surface area contributed by atoms with Crippen LogP contribution in [0.25, 0.3) is 0 Å². The van der Waals surface area contributed by atoms with Gasteiger partial charge in [0.1, 0.15) is 5.69 Å². The maximum absolute atomic E-state index is 12.3. The van der Waals surface area contributed by atoms with Gasteiger partial charge in [0, 0.05) is 37.2 Å². The summed E-state index contributed by atoms with van der Waals surface area (Å²) in [5.74, 6) is 0.133. The Balaban J connectivity index is 2.05. The number of nitrogens with zero attached hydrogens (tertiary/aromatic N) is 3. The minimum absolute atomic E-state index is 0.269. The van der Waals surface area contributed by atoms with Crippen LogP contribution in [0.5, 0.6) is 0 Å². The van der Waals surface area contributed by atoms with Crippen LogP contribution in [0.2, 0.25) is 0 Å².